The second-order valence-corrected chi connectivity index (χ2v) is 6.72. The Kier molecular flexibility index (Phi) is 7.36. The summed E-state index contributed by atoms with van der Waals surface area (Å²) in [5.41, 5.74) is 0.680. The molecular formula is C19H19FN2O4S. The van der Waals surface area contributed by atoms with Gasteiger partial charge in [-0.2, -0.15) is 0 Å². The number of nitrogens with zero attached hydrogens (tertiary/aromatic N) is 1. The van der Waals surface area contributed by atoms with E-state index in [2.05, 4.69) is 5.32 Å². The third kappa shape index (κ3) is 6.41. The van der Waals surface area contributed by atoms with Crippen molar-refractivity contribution in [3.63, 3.8) is 0 Å². The summed E-state index contributed by atoms with van der Waals surface area (Å²) in [6.07, 6.45) is 0. The second-order valence-electron chi connectivity index (χ2n) is 5.70. The zero-order chi connectivity index (χ0) is 19.8. The minimum Gasteiger partial charge on any atom is -0.452 e. The van der Waals surface area contributed by atoms with Crippen LogP contribution in [0.15, 0.2) is 53.4 Å². The minimum absolute atomic E-state index is 0.0816. The summed E-state index contributed by atoms with van der Waals surface area (Å²) in [6.45, 7) is -0.480. The molecule has 0 bridgehead atoms. The topological polar surface area (TPSA) is 75.7 Å². The van der Waals surface area contributed by atoms with Gasteiger partial charge in [0, 0.05) is 24.7 Å². The van der Waals surface area contributed by atoms with Gasteiger partial charge in [-0.1, -0.05) is 12.1 Å². The minimum atomic E-state index is -0.662. The van der Waals surface area contributed by atoms with Crippen molar-refractivity contribution in [2.45, 2.75) is 4.90 Å². The van der Waals surface area contributed by atoms with E-state index in [9.17, 15) is 18.8 Å². The summed E-state index contributed by atoms with van der Waals surface area (Å²) < 4.78 is 17.9. The number of esters is 1. The van der Waals surface area contributed by atoms with Gasteiger partial charge >= 0.3 is 5.97 Å². The number of amides is 2. The van der Waals surface area contributed by atoms with Crippen LogP contribution in [0, 0.1) is 5.82 Å². The molecule has 0 saturated heterocycles. The molecule has 0 aliphatic carbocycles. The highest BCUT2D eigenvalue weighted by Gasteiger charge is 2.16. The zero-order valence-corrected chi connectivity index (χ0v) is 15.7. The van der Waals surface area contributed by atoms with Gasteiger partial charge in [0.2, 0.25) is 5.91 Å². The van der Waals surface area contributed by atoms with Crippen molar-refractivity contribution in [1.82, 2.24) is 4.90 Å². The fraction of sp³-hybridized carbons (Fsp3) is 0.211. The number of anilines is 1. The Balaban J connectivity index is 1.92. The van der Waals surface area contributed by atoms with Crippen molar-refractivity contribution >= 4 is 35.2 Å². The highest BCUT2D eigenvalue weighted by Crippen LogP contribution is 2.23. The lowest BCUT2D eigenvalue weighted by molar-refractivity contribution is -0.125. The molecule has 0 heterocycles. The van der Waals surface area contributed by atoms with E-state index in [4.69, 9.17) is 4.74 Å². The van der Waals surface area contributed by atoms with Crippen LogP contribution >= 0.6 is 11.8 Å². The Labute approximate surface area is 160 Å². The summed E-state index contributed by atoms with van der Waals surface area (Å²) in [6, 6.07) is 11.9. The lowest BCUT2D eigenvalue weighted by Crippen LogP contribution is -2.23. The number of carbonyl (C=O) groups excluding carboxylic acids is 3. The maximum absolute atomic E-state index is 12.9. The van der Waals surface area contributed by atoms with Gasteiger partial charge < -0.3 is 15.0 Å². The quantitative estimate of drug-likeness (QED) is 0.581. The first-order valence-corrected chi connectivity index (χ1v) is 9.00. The van der Waals surface area contributed by atoms with Gasteiger partial charge in [0.05, 0.1) is 11.3 Å². The standard InChI is InChI=1S/C19H19FN2O4S/c1-22(2)18(24)12-27-16-6-4-3-5-15(16)19(25)26-11-17(23)21-14-9-7-13(20)8-10-14/h3-10H,11-12H2,1-2H3,(H,21,23). The first-order valence-electron chi connectivity index (χ1n) is 8.01. The van der Waals surface area contributed by atoms with E-state index < -0.39 is 24.3 Å². The average molecular weight is 390 g/mol. The molecule has 2 aromatic carbocycles. The van der Waals surface area contributed by atoms with Crippen LogP contribution in [0.5, 0.6) is 0 Å². The summed E-state index contributed by atoms with van der Waals surface area (Å²) >= 11 is 1.22. The number of rotatable bonds is 7. The van der Waals surface area contributed by atoms with Crippen LogP contribution in [0.4, 0.5) is 10.1 Å². The molecule has 0 spiro atoms. The van der Waals surface area contributed by atoms with Crippen LogP contribution in [0.2, 0.25) is 0 Å². The van der Waals surface area contributed by atoms with E-state index in [0.717, 1.165) is 0 Å². The average Bonchev–Trinajstić information content (AvgIpc) is 2.66. The molecule has 6 nitrogen and oxygen atoms in total. The van der Waals surface area contributed by atoms with Gasteiger partial charge in [-0.15, -0.1) is 11.8 Å². The third-order valence-electron chi connectivity index (χ3n) is 3.42. The van der Waals surface area contributed by atoms with E-state index in [0.29, 0.717) is 10.6 Å². The first kappa shape index (κ1) is 20.4. The Bertz CT molecular complexity index is 825. The Morgan fingerprint density at radius 3 is 2.41 bits per heavy atom. The van der Waals surface area contributed by atoms with Gasteiger partial charge in [0.1, 0.15) is 5.82 Å². The van der Waals surface area contributed by atoms with Crippen molar-refractivity contribution in [2.75, 3.05) is 31.8 Å². The molecule has 0 fully saturated rings. The number of ether oxygens (including phenoxy) is 1. The summed E-state index contributed by atoms with van der Waals surface area (Å²) in [7, 11) is 3.31. The van der Waals surface area contributed by atoms with Gasteiger partial charge in [-0.05, 0) is 36.4 Å². The van der Waals surface area contributed by atoms with E-state index in [1.54, 1.807) is 38.4 Å². The summed E-state index contributed by atoms with van der Waals surface area (Å²) in [4.78, 5) is 37.9. The van der Waals surface area contributed by atoms with Crippen LogP contribution in [0.3, 0.4) is 0 Å². The maximum atomic E-state index is 12.9. The molecule has 0 radical (unpaired) electrons. The molecule has 142 valence electrons. The highest BCUT2D eigenvalue weighted by atomic mass is 32.2. The predicted octanol–water partition coefficient (Wildman–Crippen LogP) is 2.80. The van der Waals surface area contributed by atoms with E-state index in [1.165, 1.54) is 40.9 Å². The molecule has 0 saturated carbocycles. The van der Waals surface area contributed by atoms with Crippen LogP contribution in [0.25, 0.3) is 0 Å². The molecule has 0 atom stereocenters. The fourth-order valence-electron chi connectivity index (χ4n) is 1.97. The van der Waals surface area contributed by atoms with Crippen LogP contribution in [-0.4, -0.2) is 49.1 Å². The maximum Gasteiger partial charge on any atom is 0.339 e. The lowest BCUT2D eigenvalue weighted by atomic mass is 10.2. The molecule has 0 aromatic heterocycles. The van der Waals surface area contributed by atoms with E-state index in [-0.39, 0.29) is 17.2 Å². The number of thioether (sulfide) groups is 1. The number of hydrogen-bond acceptors (Lipinski definition) is 5. The van der Waals surface area contributed by atoms with Gasteiger partial charge in [-0.3, -0.25) is 9.59 Å². The number of hydrogen-bond donors (Lipinski definition) is 1. The molecule has 8 heteroatoms. The molecule has 2 rings (SSSR count). The normalized spacial score (nSPS) is 10.2. The molecule has 1 N–H and O–H groups in total. The van der Waals surface area contributed by atoms with Crippen molar-refractivity contribution < 1.29 is 23.5 Å². The van der Waals surface area contributed by atoms with E-state index in [1.807, 2.05) is 0 Å². The Hall–Kier alpha value is -2.87. The van der Waals surface area contributed by atoms with Crippen molar-refractivity contribution in [3.05, 3.63) is 59.9 Å². The van der Waals surface area contributed by atoms with Crippen LogP contribution in [0.1, 0.15) is 10.4 Å². The lowest BCUT2D eigenvalue weighted by Gasteiger charge is -2.12. The molecule has 2 amide bonds. The molecule has 0 aliphatic heterocycles. The Morgan fingerprint density at radius 1 is 1.07 bits per heavy atom. The Morgan fingerprint density at radius 2 is 1.74 bits per heavy atom. The number of halogens is 1. The second kappa shape index (κ2) is 9.72. The number of carbonyl (C=O) groups is 3. The number of nitrogens with one attached hydrogen (secondary N) is 1. The van der Waals surface area contributed by atoms with Gasteiger partial charge in [0.25, 0.3) is 5.91 Å². The van der Waals surface area contributed by atoms with Gasteiger partial charge in [-0.25, -0.2) is 9.18 Å². The molecular weight excluding hydrogens is 371 g/mol. The van der Waals surface area contributed by atoms with Crippen molar-refractivity contribution in [3.8, 4) is 0 Å². The van der Waals surface area contributed by atoms with Crippen LogP contribution in [-0.2, 0) is 14.3 Å². The van der Waals surface area contributed by atoms with Gasteiger partial charge in [0.15, 0.2) is 6.61 Å². The van der Waals surface area contributed by atoms with E-state index >= 15 is 0 Å². The predicted molar refractivity (Wildman–Crippen MR) is 101 cm³/mol. The summed E-state index contributed by atoms with van der Waals surface area (Å²) in [5, 5.41) is 2.50. The fourth-order valence-corrected chi connectivity index (χ4v) is 2.99. The highest BCUT2D eigenvalue weighted by molar-refractivity contribution is 8.00. The van der Waals surface area contributed by atoms with Crippen LogP contribution < -0.4 is 5.32 Å². The largest absolute Gasteiger partial charge is 0.452 e. The number of benzene rings is 2. The molecule has 0 aliphatic rings. The molecule has 2 aromatic rings. The molecule has 0 unspecified atom stereocenters. The molecule has 27 heavy (non-hydrogen) atoms. The monoisotopic (exact) mass is 390 g/mol. The third-order valence-corrected chi connectivity index (χ3v) is 4.48. The smallest absolute Gasteiger partial charge is 0.339 e. The SMILES string of the molecule is CN(C)C(=O)CSc1ccccc1C(=O)OCC(=O)Nc1ccc(F)cc1. The first-order chi connectivity index (χ1) is 12.9. The van der Waals surface area contributed by atoms with Crippen molar-refractivity contribution in [1.29, 1.82) is 0 Å². The van der Waals surface area contributed by atoms with Crippen molar-refractivity contribution in [2.24, 2.45) is 0 Å². The summed E-state index contributed by atoms with van der Waals surface area (Å²) in [5.74, 6) is -1.52. The zero-order valence-electron chi connectivity index (χ0n) is 14.9.